The molecule has 0 aliphatic heterocycles. The van der Waals surface area contributed by atoms with Crippen molar-refractivity contribution in [3.8, 4) is 0 Å². The minimum atomic E-state index is 0.440. The number of nitrogens with one attached hydrogen (secondary N) is 1. The molecule has 0 aromatic carbocycles. The van der Waals surface area contributed by atoms with Gasteiger partial charge >= 0.3 is 6.01 Å². The van der Waals surface area contributed by atoms with Gasteiger partial charge in [0, 0.05) is 13.1 Å². The summed E-state index contributed by atoms with van der Waals surface area (Å²) in [6.45, 7) is 3.22. The molecular weight excluding hydrogens is 184 g/mol. The van der Waals surface area contributed by atoms with Gasteiger partial charge in [0.2, 0.25) is 0 Å². The molecular formula is C7H10N6O. The van der Waals surface area contributed by atoms with Crippen molar-refractivity contribution < 1.29 is 4.52 Å². The largest absolute Gasteiger partial charge is 0.336 e. The van der Waals surface area contributed by atoms with Gasteiger partial charge in [0.1, 0.15) is 12.7 Å². The van der Waals surface area contributed by atoms with Gasteiger partial charge in [0.05, 0.1) is 0 Å². The molecule has 74 valence electrons. The second-order valence-corrected chi connectivity index (χ2v) is 2.77. The van der Waals surface area contributed by atoms with Crippen LogP contribution in [-0.4, -0.2) is 31.4 Å². The molecule has 14 heavy (non-hydrogen) atoms. The molecule has 0 unspecified atom stereocenters. The third-order valence-electron chi connectivity index (χ3n) is 1.64. The van der Waals surface area contributed by atoms with E-state index in [2.05, 4.69) is 25.7 Å². The SMILES string of the molecule is Cc1noc(NCCn2cnnc2)n1. The highest BCUT2D eigenvalue weighted by Gasteiger charge is 1.99. The molecule has 0 atom stereocenters. The molecule has 2 aromatic rings. The fourth-order valence-corrected chi connectivity index (χ4v) is 0.998. The molecule has 1 N–H and O–H groups in total. The Morgan fingerprint density at radius 3 is 2.86 bits per heavy atom. The summed E-state index contributed by atoms with van der Waals surface area (Å²) in [4.78, 5) is 4.00. The van der Waals surface area contributed by atoms with Crippen molar-refractivity contribution in [2.24, 2.45) is 0 Å². The number of anilines is 1. The monoisotopic (exact) mass is 194 g/mol. The minimum Gasteiger partial charge on any atom is -0.336 e. The second-order valence-electron chi connectivity index (χ2n) is 2.77. The fraction of sp³-hybridized carbons (Fsp3) is 0.429. The first-order chi connectivity index (χ1) is 6.84. The lowest BCUT2D eigenvalue weighted by molar-refractivity contribution is 0.424. The predicted octanol–water partition coefficient (Wildman–Crippen LogP) is 0.0816. The van der Waals surface area contributed by atoms with Crippen molar-refractivity contribution in [2.45, 2.75) is 13.5 Å². The Kier molecular flexibility index (Phi) is 2.39. The van der Waals surface area contributed by atoms with Gasteiger partial charge in [-0.1, -0.05) is 5.16 Å². The van der Waals surface area contributed by atoms with Gasteiger partial charge in [-0.15, -0.1) is 10.2 Å². The van der Waals surface area contributed by atoms with Crippen LogP contribution in [0.5, 0.6) is 0 Å². The van der Waals surface area contributed by atoms with E-state index in [-0.39, 0.29) is 0 Å². The summed E-state index contributed by atoms with van der Waals surface area (Å²) >= 11 is 0. The first-order valence-electron chi connectivity index (χ1n) is 4.21. The van der Waals surface area contributed by atoms with E-state index in [9.17, 15) is 0 Å². The van der Waals surface area contributed by atoms with E-state index in [1.807, 2.05) is 4.57 Å². The van der Waals surface area contributed by atoms with Crippen molar-refractivity contribution in [1.82, 2.24) is 24.9 Å². The summed E-state index contributed by atoms with van der Waals surface area (Å²) in [5, 5.41) is 14.0. The van der Waals surface area contributed by atoms with E-state index in [1.54, 1.807) is 19.6 Å². The Morgan fingerprint density at radius 1 is 1.43 bits per heavy atom. The van der Waals surface area contributed by atoms with Crippen LogP contribution in [0.15, 0.2) is 17.2 Å². The smallest absolute Gasteiger partial charge is 0.321 e. The van der Waals surface area contributed by atoms with Gasteiger partial charge in [0.15, 0.2) is 5.82 Å². The van der Waals surface area contributed by atoms with Crippen molar-refractivity contribution in [1.29, 1.82) is 0 Å². The molecule has 2 rings (SSSR count). The van der Waals surface area contributed by atoms with Crippen molar-refractivity contribution in [3.05, 3.63) is 18.5 Å². The third kappa shape index (κ3) is 2.06. The highest BCUT2D eigenvalue weighted by Crippen LogP contribution is 2.00. The Labute approximate surface area is 80.1 Å². The maximum absolute atomic E-state index is 4.87. The molecule has 0 radical (unpaired) electrons. The van der Waals surface area contributed by atoms with Crippen LogP contribution in [0.3, 0.4) is 0 Å². The van der Waals surface area contributed by atoms with Gasteiger partial charge in [-0.05, 0) is 6.92 Å². The Hall–Kier alpha value is -1.92. The number of aromatic nitrogens is 5. The molecule has 0 spiro atoms. The first kappa shape index (κ1) is 8.67. The minimum absolute atomic E-state index is 0.440. The summed E-state index contributed by atoms with van der Waals surface area (Å²) in [5.41, 5.74) is 0. The Morgan fingerprint density at radius 2 is 2.21 bits per heavy atom. The average Bonchev–Trinajstić information content (AvgIpc) is 2.77. The number of rotatable bonds is 4. The molecule has 7 heteroatoms. The summed E-state index contributed by atoms with van der Waals surface area (Å²) in [7, 11) is 0. The highest BCUT2D eigenvalue weighted by molar-refractivity contribution is 5.17. The van der Waals surface area contributed by atoms with Crippen LogP contribution in [0.4, 0.5) is 6.01 Å². The molecule has 0 aliphatic carbocycles. The zero-order valence-corrected chi connectivity index (χ0v) is 7.71. The van der Waals surface area contributed by atoms with Crippen LogP contribution in [0.25, 0.3) is 0 Å². The third-order valence-corrected chi connectivity index (χ3v) is 1.64. The summed E-state index contributed by atoms with van der Waals surface area (Å²) < 4.78 is 6.73. The van der Waals surface area contributed by atoms with E-state index >= 15 is 0 Å². The van der Waals surface area contributed by atoms with E-state index in [1.165, 1.54) is 0 Å². The molecule has 0 saturated carbocycles. The van der Waals surface area contributed by atoms with Gasteiger partial charge in [0.25, 0.3) is 0 Å². The van der Waals surface area contributed by atoms with Crippen LogP contribution in [0.2, 0.25) is 0 Å². The van der Waals surface area contributed by atoms with E-state index in [0.717, 1.165) is 6.54 Å². The average molecular weight is 194 g/mol. The lowest BCUT2D eigenvalue weighted by Gasteiger charge is -2.00. The number of hydrogen-bond donors (Lipinski definition) is 1. The van der Waals surface area contributed by atoms with Gasteiger partial charge < -0.3 is 14.4 Å². The quantitative estimate of drug-likeness (QED) is 0.742. The number of aryl methyl sites for hydroxylation is 1. The van der Waals surface area contributed by atoms with Gasteiger partial charge in [-0.2, -0.15) is 4.98 Å². The molecule has 0 aliphatic rings. The highest BCUT2D eigenvalue weighted by atomic mass is 16.5. The predicted molar refractivity (Wildman–Crippen MR) is 47.5 cm³/mol. The molecule has 0 saturated heterocycles. The summed E-state index contributed by atoms with van der Waals surface area (Å²) in [5.74, 6) is 0.622. The first-order valence-corrected chi connectivity index (χ1v) is 4.21. The van der Waals surface area contributed by atoms with E-state index in [0.29, 0.717) is 18.4 Å². The Bertz CT molecular complexity index is 381. The van der Waals surface area contributed by atoms with Crippen molar-refractivity contribution >= 4 is 6.01 Å². The fourth-order valence-electron chi connectivity index (χ4n) is 0.998. The Balaban J connectivity index is 1.78. The molecule has 0 amide bonds. The van der Waals surface area contributed by atoms with Crippen LogP contribution >= 0.6 is 0 Å². The molecule has 7 nitrogen and oxygen atoms in total. The molecule has 0 fully saturated rings. The zero-order chi connectivity index (χ0) is 9.80. The normalized spacial score (nSPS) is 10.4. The zero-order valence-electron chi connectivity index (χ0n) is 7.71. The maximum Gasteiger partial charge on any atom is 0.321 e. The lowest BCUT2D eigenvalue weighted by atomic mass is 10.6. The van der Waals surface area contributed by atoms with Gasteiger partial charge in [-0.3, -0.25) is 0 Å². The molecule has 0 bridgehead atoms. The lowest BCUT2D eigenvalue weighted by Crippen LogP contribution is -2.09. The summed E-state index contributed by atoms with van der Waals surface area (Å²) in [6, 6.07) is 0.440. The van der Waals surface area contributed by atoms with Crippen LogP contribution in [0.1, 0.15) is 5.82 Å². The topological polar surface area (TPSA) is 81.7 Å². The second kappa shape index (κ2) is 3.86. The van der Waals surface area contributed by atoms with E-state index in [4.69, 9.17) is 4.52 Å². The standard InChI is InChI=1S/C7H10N6O/c1-6-11-7(14-12-6)8-2-3-13-4-9-10-5-13/h4-5H,2-3H2,1H3,(H,8,11,12). The molecule has 2 heterocycles. The number of nitrogens with zero attached hydrogens (tertiary/aromatic N) is 5. The summed E-state index contributed by atoms with van der Waals surface area (Å²) in [6.07, 6.45) is 3.31. The maximum atomic E-state index is 4.87. The van der Waals surface area contributed by atoms with Crippen LogP contribution < -0.4 is 5.32 Å². The number of hydrogen-bond acceptors (Lipinski definition) is 6. The van der Waals surface area contributed by atoms with Crippen LogP contribution in [0, 0.1) is 6.92 Å². The van der Waals surface area contributed by atoms with Crippen molar-refractivity contribution in [3.63, 3.8) is 0 Å². The van der Waals surface area contributed by atoms with Crippen LogP contribution in [-0.2, 0) is 6.54 Å². The van der Waals surface area contributed by atoms with Gasteiger partial charge in [-0.25, -0.2) is 0 Å². The molecule has 2 aromatic heterocycles. The van der Waals surface area contributed by atoms with E-state index < -0.39 is 0 Å². The van der Waals surface area contributed by atoms with Crippen molar-refractivity contribution in [2.75, 3.05) is 11.9 Å².